The van der Waals surface area contributed by atoms with E-state index in [0.717, 1.165) is 11.3 Å². The molecule has 0 unspecified atom stereocenters. The van der Waals surface area contributed by atoms with Gasteiger partial charge in [0, 0.05) is 22.6 Å². The molecule has 30 heavy (non-hydrogen) atoms. The van der Waals surface area contributed by atoms with E-state index in [-0.39, 0.29) is 11.7 Å². The molecule has 0 aliphatic heterocycles. The number of aromatic nitrogens is 3. The number of hydrogen-bond donors (Lipinski definition) is 1. The molecule has 0 saturated carbocycles. The molecule has 1 N–H and O–H groups in total. The number of nitrogens with one attached hydrogen (secondary N) is 1. The molecule has 0 bridgehead atoms. The molecule has 2 heterocycles. The number of amides is 1. The first-order valence-corrected chi connectivity index (χ1v) is 10.2. The summed E-state index contributed by atoms with van der Waals surface area (Å²) in [5.74, 6) is 0.683. The van der Waals surface area contributed by atoms with Crippen LogP contribution in [0.1, 0.15) is 23.0 Å². The van der Waals surface area contributed by atoms with Crippen molar-refractivity contribution >= 4 is 23.1 Å². The lowest BCUT2D eigenvalue weighted by Gasteiger charge is -2.08. The fourth-order valence-electron chi connectivity index (χ4n) is 2.91. The lowest BCUT2D eigenvalue weighted by Crippen LogP contribution is -2.15. The van der Waals surface area contributed by atoms with Gasteiger partial charge in [-0.2, -0.15) is 9.78 Å². The zero-order valence-electron chi connectivity index (χ0n) is 16.4. The Kier molecular flexibility index (Phi) is 5.58. The van der Waals surface area contributed by atoms with Gasteiger partial charge >= 0.3 is 0 Å². The Labute approximate surface area is 177 Å². The third kappa shape index (κ3) is 4.23. The number of thiazole rings is 1. The van der Waals surface area contributed by atoms with Crippen LogP contribution >= 0.6 is 11.3 Å². The highest BCUT2D eigenvalue weighted by atomic mass is 32.1. The molecule has 0 radical (unpaired) electrons. The second kappa shape index (κ2) is 8.46. The van der Waals surface area contributed by atoms with Crippen LogP contribution < -0.4 is 10.1 Å². The molecule has 6 nitrogen and oxygen atoms in total. The number of halogens is 1. The van der Waals surface area contributed by atoms with Crippen molar-refractivity contribution in [2.45, 2.75) is 13.8 Å². The molecule has 0 saturated heterocycles. The van der Waals surface area contributed by atoms with Crippen LogP contribution in [0.4, 0.5) is 10.2 Å². The molecule has 0 spiro atoms. The van der Waals surface area contributed by atoms with E-state index in [1.165, 1.54) is 23.5 Å². The SMILES string of the molecule is CCOc1ccc(C(=O)Nc2cc(C)nn2-c2nc(-c3ccc(F)cc3)cs2)cc1. The summed E-state index contributed by atoms with van der Waals surface area (Å²) in [7, 11) is 0. The summed E-state index contributed by atoms with van der Waals surface area (Å²) < 4.78 is 20.2. The number of aryl methyl sites for hydroxylation is 1. The van der Waals surface area contributed by atoms with Crippen LogP contribution in [0.5, 0.6) is 5.75 Å². The van der Waals surface area contributed by atoms with E-state index < -0.39 is 0 Å². The minimum absolute atomic E-state index is 0.255. The number of carbonyl (C=O) groups excluding carboxylic acids is 1. The van der Waals surface area contributed by atoms with Gasteiger partial charge in [-0.05, 0) is 62.4 Å². The highest BCUT2D eigenvalue weighted by molar-refractivity contribution is 7.12. The zero-order valence-corrected chi connectivity index (χ0v) is 17.2. The summed E-state index contributed by atoms with van der Waals surface area (Å²) in [5, 5.41) is 9.82. The maximum Gasteiger partial charge on any atom is 0.256 e. The Balaban J connectivity index is 1.57. The van der Waals surface area contributed by atoms with E-state index in [0.29, 0.717) is 34.6 Å². The van der Waals surface area contributed by atoms with Crippen LogP contribution in [0.25, 0.3) is 16.4 Å². The van der Waals surface area contributed by atoms with E-state index in [4.69, 9.17) is 4.74 Å². The monoisotopic (exact) mass is 422 g/mol. The minimum Gasteiger partial charge on any atom is -0.494 e. The molecule has 4 rings (SSSR count). The van der Waals surface area contributed by atoms with Crippen molar-refractivity contribution in [2.75, 3.05) is 11.9 Å². The third-order valence-electron chi connectivity index (χ3n) is 4.31. The maximum atomic E-state index is 13.2. The average Bonchev–Trinajstić information content (AvgIpc) is 3.36. The first kappa shape index (κ1) is 19.8. The van der Waals surface area contributed by atoms with E-state index in [1.54, 1.807) is 47.1 Å². The fraction of sp³-hybridized carbons (Fsp3) is 0.136. The zero-order chi connectivity index (χ0) is 21.1. The lowest BCUT2D eigenvalue weighted by molar-refractivity contribution is 0.102. The van der Waals surface area contributed by atoms with Crippen LogP contribution in [-0.2, 0) is 0 Å². The quantitative estimate of drug-likeness (QED) is 0.470. The lowest BCUT2D eigenvalue weighted by atomic mass is 10.2. The van der Waals surface area contributed by atoms with E-state index >= 15 is 0 Å². The summed E-state index contributed by atoms with van der Waals surface area (Å²) in [4.78, 5) is 17.3. The summed E-state index contributed by atoms with van der Waals surface area (Å²) in [5.41, 5.74) is 2.78. The van der Waals surface area contributed by atoms with E-state index in [1.807, 2.05) is 19.2 Å². The Bertz CT molecular complexity index is 1170. The van der Waals surface area contributed by atoms with Crippen molar-refractivity contribution in [2.24, 2.45) is 0 Å². The predicted molar refractivity (Wildman–Crippen MR) is 115 cm³/mol. The number of anilines is 1. The van der Waals surface area contributed by atoms with Crippen LogP contribution in [0.15, 0.2) is 60.0 Å². The first-order valence-electron chi connectivity index (χ1n) is 9.36. The summed E-state index contributed by atoms with van der Waals surface area (Å²) >= 11 is 1.39. The second-order valence-corrected chi connectivity index (χ2v) is 7.35. The molecule has 2 aromatic carbocycles. The summed E-state index contributed by atoms with van der Waals surface area (Å²) in [6.07, 6.45) is 0. The molecule has 0 atom stereocenters. The molecule has 152 valence electrons. The molecule has 0 aliphatic rings. The average molecular weight is 422 g/mol. The van der Waals surface area contributed by atoms with Gasteiger partial charge in [0.25, 0.3) is 5.91 Å². The van der Waals surface area contributed by atoms with Crippen LogP contribution in [0, 0.1) is 12.7 Å². The van der Waals surface area contributed by atoms with Gasteiger partial charge in [-0.1, -0.05) is 0 Å². The molecular weight excluding hydrogens is 403 g/mol. The molecule has 8 heteroatoms. The number of nitrogens with zero attached hydrogens (tertiary/aromatic N) is 3. The number of rotatable bonds is 6. The van der Waals surface area contributed by atoms with Crippen LogP contribution in [0.3, 0.4) is 0 Å². The molecule has 1 amide bonds. The molecule has 0 aliphatic carbocycles. The van der Waals surface area contributed by atoms with Gasteiger partial charge in [-0.3, -0.25) is 4.79 Å². The van der Waals surface area contributed by atoms with Gasteiger partial charge < -0.3 is 10.1 Å². The fourth-order valence-corrected chi connectivity index (χ4v) is 3.70. The van der Waals surface area contributed by atoms with Crippen molar-refractivity contribution in [1.82, 2.24) is 14.8 Å². The number of benzene rings is 2. The molecule has 4 aromatic rings. The normalized spacial score (nSPS) is 10.8. The van der Waals surface area contributed by atoms with Gasteiger partial charge in [0.2, 0.25) is 5.13 Å². The predicted octanol–water partition coefficient (Wildman–Crippen LogP) is 5.09. The number of ether oxygens (including phenoxy) is 1. The largest absolute Gasteiger partial charge is 0.494 e. The second-order valence-electron chi connectivity index (χ2n) is 6.52. The van der Waals surface area contributed by atoms with Crippen molar-refractivity contribution in [3.8, 4) is 22.1 Å². The van der Waals surface area contributed by atoms with Gasteiger partial charge in [0.15, 0.2) is 0 Å². The molecule has 2 aromatic heterocycles. The van der Waals surface area contributed by atoms with Gasteiger partial charge in [0.1, 0.15) is 17.4 Å². The smallest absolute Gasteiger partial charge is 0.256 e. The third-order valence-corrected chi connectivity index (χ3v) is 5.13. The van der Waals surface area contributed by atoms with Crippen LogP contribution in [0.2, 0.25) is 0 Å². The Morgan fingerprint density at radius 1 is 1.17 bits per heavy atom. The highest BCUT2D eigenvalue weighted by Crippen LogP contribution is 2.27. The minimum atomic E-state index is -0.295. The Hall–Kier alpha value is -3.52. The molecule has 0 fully saturated rings. The maximum absolute atomic E-state index is 13.2. The topological polar surface area (TPSA) is 69.0 Å². The number of hydrogen-bond acceptors (Lipinski definition) is 5. The van der Waals surface area contributed by atoms with Crippen molar-refractivity contribution in [3.05, 3.63) is 77.1 Å². The Morgan fingerprint density at radius 3 is 2.60 bits per heavy atom. The van der Waals surface area contributed by atoms with Crippen molar-refractivity contribution in [1.29, 1.82) is 0 Å². The highest BCUT2D eigenvalue weighted by Gasteiger charge is 2.15. The number of carbonyl (C=O) groups is 1. The van der Waals surface area contributed by atoms with E-state index in [9.17, 15) is 9.18 Å². The molecular formula is C22H19FN4O2S. The van der Waals surface area contributed by atoms with Crippen molar-refractivity contribution in [3.63, 3.8) is 0 Å². The summed E-state index contributed by atoms with van der Waals surface area (Å²) in [6, 6.07) is 14.9. The van der Waals surface area contributed by atoms with Gasteiger partial charge in [-0.15, -0.1) is 11.3 Å². The van der Waals surface area contributed by atoms with Crippen LogP contribution in [-0.4, -0.2) is 27.3 Å². The van der Waals surface area contributed by atoms with Gasteiger partial charge in [-0.25, -0.2) is 9.37 Å². The van der Waals surface area contributed by atoms with E-state index in [2.05, 4.69) is 15.4 Å². The Morgan fingerprint density at radius 2 is 1.90 bits per heavy atom. The standard InChI is InChI=1S/C22H19FN4O2S/c1-3-29-18-10-6-16(7-11-18)21(28)25-20-12-14(2)26-27(20)22-24-19(13-30-22)15-4-8-17(23)9-5-15/h4-13H,3H2,1-2H3,(H,25,28). The van der Waals surface area contributed by atoms with Crippen molar-refractivity contribution < 1.29 is 13.9 Å². The first-order chi connectivity index (χ1) is 14.5. The summed E-state index contributed by atoms with van der Waals surface area (Å²) in [6.45, 7) is 4.32. The van der Waals surface area contributed by atoms with Gasteiger partial charge in [0.05, 0.1) is 18.0 Å².